The smallest absolute Gasteiger partial charge is 0.246 e. The normalized spacial score (nSPS) is 17.3. The zero-order valence-electron chi connectivity index (χ0n) is 17.2. The summed E-state index contributed by atoms with van der Waals surface area (Å²) in [4.78, 5) is 16.5. The number of aromatic nitrogens is 1. The molecule has 3 heterocycles. The molecule has 0 atom stereocenters. The van der Waals surface area contributed by atoms with Gasteiger partial charge in [-0.2, -0.15) is 4.31 Å². The molecule has 0 radical (unpaired) electrons. The summed E-state index contributed by atoms with van der Waals surface area (Å²) < 4.78 is 66.0. The molecule has 2 aliphatic heterocycles. The lowest BCUT2D eigenvalue weighted by molar-refractivity contribution is -0.120. The summed E-state index contributed by atoms with van der Waals surface area (Å²) in [5, 5.41) is 3.23. The van der Waals surface area contributed by atoms with Crippen molar-refractivity contribution in [1.29, 1.82) is 0 Å². The van der Waals surface area contributed by atoms with Crippen molar-refractivity contribution in [2.24, 2.45) is 5.92 Å². The van der Waals surface area contributed by atoms with E-state index in [1.807, 2.05) is 6.07 Å². The number of piperidine rings is 1. The molecule has 1 saturated heterocycles. The number of rotatable bonds is 4. The number of hydrogen-bond donors (Lipinski definition) is 1. The zero-order valence-corrected chi connectivity index (χ0v) is 18.8. The minimum absolute atomic E-state index is 0.0254. The van der Waals surface area contributed by atoms with Crippen molar-refractivity contribution < 1.29 is 31.5 Å². The Morgan fingerprint density at radius 3 is 2.52 bits per heavy atom. The Bertz CT molecular complexity index is 1290. The van der Waals surface area contributed by atoms with Gasteiger partial charge in [-0.1, -0.05) is 11.3 Å². The van der Waals surface area contributed by atoms with E-state index in [2.05, 4.69) is 10.3 Å². The maximum atomic E-state index is 14.0. The number of carbonyl (C=O) groups is 1. The Kier molecular flexibility index (Phi) is 5.67. The first-order valence-corrected chi connectivity index (χ1v) is 12.5. The second-order valence-corrected chi connectivity index (χ2v) is 10.7. The van der Waals surface area contributed by atoms with E-state index in [4.69, 9.17) is 9.47 Å². The molecule has 33 heavy (non-hydrogen) atoms. The van der Waals surface area contributed by atoms with Crippen molar-refractivity contribution in [3.05, 3.63) is 42.0 Å². The first-order chi connectivity index (χ1) is 15.8. The third-order valence-electron chi connectivity index (χ3n) is 5.62. The van der Waals surface area contributed by atoms with E-state index in [-0.39, 0.29) is 31.8 Å². The molecule has 3 aromatic rings. The van der Waals surface area contributed by atoms with Gasteiger partial charge in [0.1, 0.15) is 29.7 Å². The number of halogens is 2. The molecule has 8 nitrogen and oxygen atoms in total. The summed E-state index contributed by atoms with van der Waals surface area (Å²) in [5.74, 6) is -1.29. The van der Waals surface area contributed by atoms with Crippen LogP contribution in [0.25, 0.3) is 10.2 Å². The Labute approximate surface area is 192 Å². The number of fused-ring (bicyclic) bond motifs is 2. The zero-order chi connectivity index (χ0) is 23.2. The summed E-state index contributed by atoms with van der Waals surface area (Å²) in [5.41, 5.74) is 0.678. The molecule has 1 N–H and O–H groups in total. The van der Waals surface area contributed by atoms with Crippen LogP contribution in [0.1, 0.15) is 12.8 Å². The molecule has 12 heteroatoms. The highest BCUT2D eigenvalue weighted by Gasteiger charge is 2.34. The van der Waals surface area contributed by atoms with E-state index in [0.717, 1.165) is 21.1 Å². The average molecular weight is 496 g/mol. The maximum absolute atomic E-state index is 14.0. The van der Waals surface area contributed by atoms with Crippen LogP contribution in [-0.2, 0) is 14.8 Å². The van der Waals surface area contributed by atoms with Gasteiger partial charge in [0.25, 0.3) is 0 Å². The van der Waals surface area contributed by atoms with Crippen LogP contribution in [0.2, 0.25) is 0 Å². The van der Waals surface area contributed by atoms with E-state index in [9.17, 15) is 22.0 Å². The molecule has 2 aromatic carbocycles. The van der Waals surface area contributed by atoms with E-state index in [0.29, 0.717) is 41.4 Å². The third kappa shape index (κ3) is 4.25. The van der Waals surface area contributed by atoms with E-state index < -0.39 is 32.5 Å². The molecule has 174 valence electrons. The molecule has 2 aliphatic rings. The van der Waals surface area contributed by atoms with Gasteiger partial charge < -0.3 is 14.8 Å². The fourth-order valence-electron chi connectivity index (χ4n) is 3.90. The number of sulfonamides is 1. The van der Waals surface area contributed by atoms with Gasteiger partial charge in [-0.15, -0.1) is 0 Å². The molecule has 1 fully saturated rings. The van der Waals surface area contributed by atoms with Crippen molar-refractivity contribution in [3.63, 3.8) is 0 Å². The van der Waals surface area contributed by atoms with Gasteiger partial charge in [0.2, 0.25) is 15.9 Å². The number of carbonyl (C=O) groups excluding carboxylic acids is 1. The summed E-state index contributed by atoms with van der Waals surface area (Å²) >= 11 is 1.31. The minimum atomic E-state index is -4.20. The Morgan fingerprint density at radius 1 is 1.09 bits per heavy atom. The summed E-state index contributed by atoms with van der Waals surface area (Å²) in [6, 6.07) is 5.92. The maximum Gasteiger partial charge on any atom is 0.246 e. The molecular weight excluding hydrogens is 476 g/mol. The quantitative estimate of drug-likeness (QED) is 0.596. The number of anilines is 1. The van der Waals surface area contributed by atoms with E-state index >= 15 is 0 Å². The van der Waals surface area contributed by atoms with Crippen molar-refractivity contribution in [2.75, 3.05) is 31.6 Å². The summed E-state index contributed by atoms with van der Waals surface area (Å²) in [6.45, 7) is 0.989. The van der Waals surface area contributed by atoms with Crippen LogP contribution in [0.4, 0.5) is 13.9 Å². The van der Waals surface area contributed by atoms with Crippen LogP contribution >= 0.6 is 11.3 Å². The van der Waals surface area contributed by atoms with Gasteiger partial charge in [0.15, 0.2) is 16.6 Å². The van der Waals surface area contributed by atoms with Gasteiger partial charge in [-0.05, 0) is 31.0 Å². The van der Waals surface area contributed by atoms with Crippen LogP contribution in [0.15, 0.2) is 35.2 Å². The molecular formula is C21H19F2N3O5S2. The van der Waals surface area contributed by atoms with Crippen LogP contribution < -0.4 is 14.8 Å². The topological polar surface area (TPSA) is 97.8 Å². The molecule has 0 bridgehead atoms. The lowest BCUT2D eigenvalue weighted by Crippen LogP contribution is -2.41. The van der Waals surface area contributed by atoms with Crippen molar-refractivity contribution in [2.45, 2.75) is 17.7 Å². The average Bonchev–Trinajstić information content (AvgIpc) is 3.19. The van der Waals surface area contributed by atoms with Crippen LogP contribution in [0, 0.1) is 17.6 Å². The van der Waals surface area contributed by atoms with Crippen molar-refractivity contribution in [1.82, 2.24) is 9.29 Å². The van der Waals surface area contributed by atoms with Crippen molar-refractivity contribution >= 4 is 42.6 Å². The van der Waals surface area contributed by atoms with Gasteiger partial charge in [-0.25, -0.2) is 22.2 Å². The number of amides is 1. The first-order valence-electron chi connectivity index (χ1n) is 10.3. The lowest BCUT2D eigenvalue weighted by atomic mass is 9.97. The van der Waals surface area contributed by atoms with Crippen LogP contribution in [-0.4, -0.2) is 49.9 Å². The lowest BCUT2D eigenvalue weighted by Gasteiger charge is -2.30. The fourth-order valence-corrected chi connectivity index (χ4v) is 6.32. The van der Waals surface area contributed by atoms with Crippen molar-refractivity contribution in [3.8, 4) is 11.5 Å². The summed E-state index contributed by atoms with van der Waals surface area (Å²) in [7, 11) is -4.20. The largest absolute Gasteiger partial charge is 0.486 e. The molecule has 1 aromatic heterocycles. The number of hydrogen-bond acceptors (Lipinski definition) is 7. The summed E-state index contributed by atoms with van der Waals surface area (Å²) in [6.07, 6.45) is 0.506. The van der Waals surface area contributed by atoms with Gasteiger partial charge >= 0.3 is 0 Å². The fraction of sp³-hybridized carbons (Fsp3) is 0.333. The predicted molar refractivity (Wildman–Crippen MR) is 117 cm³/mol. The second kappa shape index (κ2) is 8.50. The molecule has 0 saturated carbocycles. The number of benzene rings is 2. The number of thiazole rings is 1. The number of ether oxygens (including phenoxy) is 2. The van der Waals surface area contributed by atoms with Gasteiger partial charge in [0, 0.05) is 31.1 Å². The van der Waals surface area contributed by atoms with Crippen LogP contribution in [0.5, 0.6) is 11.5 Å². The Balaban J connectivity index is 1.25. The Hall–Kier alpha value is -2.83. The highest BCUT2D eigenvalue weighted by atomic mass is 32.2. The second-order valence-electron chi connectivity index (χ2n) is 7.72. The molecule has 0 unspecified atom stereocenters. The highest BCUT2D eigenvalue weighted by molar-refractivity contribution is 7.89. The molecule has 5 rings (SSSR count). The van der Waals surface area contributed by atoms with Gasteiger partial charge in [-0.3, -0.25) is 4.79 Å². The first kappa shape index (κ1) is 22.0. The molecule has 0 aliphatic carbocycles. The van der Waals surface area contributed by atoms with E-state index in [1.165, 1.54) is 11.3 Å². The standard InChI is InChI=1S/C21H19F2N3O5S2/c22-13-1-2-14(23)19(9-13)33(28,29)26-5-3-12(4-6-26)20(27)25-21-24-15-10-16-17(11-18(15)32-21)31-8-7-30-16/h1-2,9-12H,3-8H2,(H,24,25,27). The monoisotopic (exact) mass is 495 g/mol. The van der Waals surface area contributed by atoms with E-state index in [1.54, 1.807) is 6.07 Å². The van der Waals surface area contributed by atoms with Crippen LogP contribution in [0.3, 0.4) is 0 Å². The molecule has 1 amide bonds. The highest BCUT2D eigenvalue weighted by Crippen LogP contribution is 2.38. The Morgan fingerprint density at radius 2 is 1.79 bits per heavy atom. The SMILES string of the molecule is O=C(Nc1nc2cc3c(cc2s1)OCCO3)C1CCN(S(=O)(=O)c2cc(F)ccc2F)CC1. The molecule has 0 spiro atoms. The predicted octanol–water partition coefficient (Wildman–Crippen LogP) is 3.39. The minimum Gasteiger partial charge on any atom is -0.486 e. The number of nitrogens with one attached hydrogen (secondary N) is 1. The van der Waals surface area contributed by atoms with Gasteiger partial charge in [0.05, 0.1) is 10.2 Å². The third-order valence-corrected chi connectivity index (χ3v) is 8.47. The number of nitrogens with zero attached hydrogens (tertiary/aromatic N) is 2.